The van der Waals surface area contributed by atoms with Crippen LogP contribution in [0.5, 0.6) is 17.2 Å². The number of carbonyl (C=O) groups is 2. The van der Waals surface area contributed by atoms with Gasteiger partial charge in [0, 0.05) is 31.0 Å². The van der Waals surface area contributed by atoms with Gasteiger partial charge in [-0.1, -0.05) is 12.1 Å². The number of hydrogen-bond donors (Lipinski definition) is 2. The molecule has 1 aliphatic heterocycles. The predicted octanol–water partition coefficient (Wildman–Crippen LogP) is 3.88. The van der Waals surface area contributed by atoms with Crippen molar-refractivity contribution in [3.8, 4) is 17.2 Å². The fraction of sp³-hybridized carbons (Fsp3) is 0.240. The number of Topliss-reactive ketones (excluding diaryl/α,β-unsaturated/α-hetero) is 1. The van der Waals surface area contributed by atoms with Crippen LogP contribution in [0.2, 0.25) is 0 Å². The summed E-state index contributed by atoms with van der Waals surface area (Å²) in [6.07, 6.45) is 5.71. The molecule has 1 aliphatic rings. The number of aliphatic hydroxyl groups excluding tert-OH is 1. The lowest BCUT2D eigenvalue weighted by molar-refractivity contribution is -0.139. The molecule has 1 fully saturated rings. The van der Waals surface area contributed by atoms with E-state index in [0.717, 1.165) is 0 Å². The Morgan fingerprint density at radius 2 is 1.94 bits per heavy atom. The van der Waals surface area contributed by atoms with E-state index in [1.807, 2.05) is 10.8 Å². The number of nitrogens with zero attached hydrogens (tertiary/aromatic N) is 3. The molecule has 3 aromatic rings. The van der Waals surface area contributed by atoms with Crippen molar-refractivity contribution in [2.75, 3.05) is 20.8 Å². The number of methoxy groups -OCH3 is 2. The highest BCUT2D eigenvalue weighted by atomic mass is 79.9. The van der Waals surface area contributed by atoms with E-state index in [-0.39, 0.29) is 29.4 Å². The zero-order valence-corrected chi connectivity index (χ0v) is 20.7. The van der Waals surface area contributed by atoms with Crippen molar-refractivity contribution in [1.82, 2.24) is 14.5 Å². The van der Waals surface area contributed by atoms with Crippen molar-refractivity contribution in [2.24, 2.45) is 0 Å². The van der Waals surface area contributed by atoms with Gasteiger partial charge in [0.25, 0.3) is 11.7 Å². The van der Waals surface area contributed by atoms with Crippen molar-refractivity contribution in [3.05, 3.63) is 76.3 Å². The van der Waals surface area contributed by atoms with Crippen LogP contribution in [0.15, 0.2) is 65.2 Å². The van der Waals surface area contributed by atoms with Crippen LogP contribution in [-0.4, -0.2) is 57.1 Å². The van der Waals surface area contributed by atoms with Gasteiger partial charge in [-0.2, -0.15) is 0 Å². The Labute approximate surface area is 210 Å². The topological polar surface area (TPSA) is 114 Å². The average molecular weight is 542 g/mol. The summed E-state index contributed by atoms with van der Waals surface area (Å²) >= 11 is 3.31. The second-order valence-electron chi connectivity index (χ2n) is 7.93. The molecule has 10 heteroatoms. The zero-order valence-electron chi connectivity index (χ0n) is 19.1. The largest absolute Gasteiger partial charge is 0.507 e. The number of hydrogen-bond acceptors (Lipinski definition) is 7. The highest BCUT2D eigenvalue weighted by molar-refractivity contribution is 9.10. The molecule has 1 atom stereocenters. The zero-order chi connectivity index (χ0) is 25.1. The molecule has 0 bridgehead atoms. The van der Waals surface area contributed by atoms with Crippen LogP contribution >= 0.6 is 15.9 Å². The van der Waals surface area contributed by atoms with Crippen molar-refractivity contribution >= 4 is 33.4 Å². The molecular formula is C25H24BrN3O6. The van der Waals surface area contributed by atoms with Gasteiger partial charge >= 0.3 is 0 Å². The third-order valence-electron chi connectivity index (χ3n) is 5.84. The molecule has 1 unspecified atom stereocenters. The molecule has 35 heavy (non-hydrogen) atoms. The molecule has 0 aliphatic carbocycles. The predicted molar refractivity (Wildman–Crippen MR) is 131 cm³/mol. The van der Waals surface area contributed by atoms with Crippen molar-refractivity contribution in [2.45, 2.75) is 19.0 Å². The number of ketones is 1. The maximum atomic E-state index is 13.2. The Morgan fingerprint density at radius 3 is 2.63 bits per heavy atom. The quantitative estimate of drug-likeness (QED) is 0.252. The molecule has 0 saturated carbocycles. The van der Waals surface area contributed by atoms with E-state index in [2.05, 4.69) is 20.9 Å². The summed E-state index contributed by atoms with van der Waals surface area (Å²) in [4.78, 5) is 31.8. The number of amides is 1. The molecule has 2 N–H and O–H groups in total. The fourth-order valence-corrected chi connectivity index (χ4v) is 4.59. The first-order valence-corrected chi connectivity index (χ1v) is 11.6. The maximum absolute atomic E-state index is 13.2. The summed E-state index contributed by atoms with van der Waals surface area (Å²) in [6, 6.07) is 8.89. The lowest BCUT2D eigenvalue weighted by Crippen LogP contribution is -2.31. The van der Waals surface area contributed by atoms with Gasteiger partial charge < -0.3 is 29.2 Å². The first kappa shape index (κ1) is 24.3. The third-order valence-corrected chi connectivity index (χ3v) is 6.45. The first-order valence-electron chi connectivity index (χ1n) is 10.8. The van der Waals surface area contributed by atoms with Crippen molar-refractivity contribution in [1.29, 1.82) is 0 Å². The number of rotatable bonds is 8. The van der Waals surface area contributed by atoms with Crippen LogP contribution in [0.4, 0.5) is 0 Å². The number of aliphatic hydroxyl groups is 1. The molecule has 0 radical (unpaired) electrons. The van der Waals surface area contributed by atoms with E-state index in [4.69, 9.17) is 9.47 Å². The number of halogens is 1. The van der Waals surface area contributed by atoms with Crippen LogP contribution < -0.4 is 9.47 Å². The lowest BCUT2D eigenvalue weighted by atomic mass is 9.95. The van der Waals surface area contributed by atoms with E-state index >= 15 is 0 Å². The summed E-state index contributed by atoms with van der Waals surface area (Å²) in [5.74, 6) is -1.27. The molecule has 0 spiro atoms. The van der Waals surface area contributed by atoms with Crippen LogP contribution in [0, 0.1) is 0 Å². The van der Waals surface area contributed by atoms with Gasteiger partial charge in [0.05, 0.1) is 36.6 Å². The molecular weight excluding hydrogens is 518 g/mol. The minimum atomic E-state index is -0.894. The van der Waals surface area contributed by atoms with Gasteiger partial charge in [-0.3, -0.25) is 9.59 Å². The van der Waals surface area contributed by atoms with Crippen molar-refractivity contribution < 1.29 is 29.3 Å². The standard InChI is InChI=1S/C25H24BrN3O6/c1-34-17-6-3-5-15(11-17)22(30)20-21(16-12-18(26)23(31)19(13-16)35-2)29(25(33)24(20)32)9-4-8-28-10-7-27-14-28/h3,5-7,10-14,21,30-31H,4,8-9H2,1-2H3. The van der Waals surface area contributed by atoms with E-state index in [0.29, 0.717) is 34.3 Å². The van der Waals surface area contributed by atoms with Crippen LogP contribution in [0.3, 0.4) is 0 Å². The Bertz CT molecular complexity index is 1290. The lowest BCUT2D eigenvalue weighted by Gasteiger charge is -2.26. The third kappa shape index (κ3) is 4.74. The molecule has 2 aromatic carbocycles. The first-order chi connectivity index (χ1) is 16.8. The minimum Gasteiger partial charge on any atom is -0.507 e. The average Bonchev–Trinajstić information content (AvgIpc) is 3.47. The number of imidazole rings is 1. The van der Waals surface area contributed by atoms with Gasteiger partial charge in [0.15, 0.2) is 11.5 Å². The molecule has 9 nitrogen and oxygen atoms in total. The maximum Gasteiger partial charge on any atom is 0.295 e. The highest BCUT2D eigenvalue weighted by Gasteiger charge is 2.46. The Hall–Kier alpha value is -3.79. The minimum absolute atomic E-state index is 0.0504. The number of phenolic OH excluding ortho intramolecular Hbond substituents is 1. The number of aryl methyl sites for hydroxylation is 1. The second-order valence-corrected chi connectivity index (χ2v) is 8.79. The van der Waals surface area contributed by atoms with E-state index in [1.165, 1.54) is 19.1 Å². The highest BCUT2D eigenvalue weighted by Crippen LogP contribution is 2.44. The number of aromatic nitrogens is 2. The SMILES string of the molecule is COc1cccc(C(O)=C2C(=O)C(=O)N(CCCn3ccnc3)C2c2cc(Br)c(O)c(OC)c2)c1. The van der Waals surface area contributed by atoms with Gasteiger partial charge in [-0.15, -0.1) is 0 Å². The Balaban J connectivity index is 1.81. The number of ether oxygens (including phenoxy) is 2. The van der Waals surface area contributed by atoms with E-state index < -0.39 is 17.7 Å². The van der Waals surface area contributed by atoms with Gasteiger partial charge in [0.2, 0.25) is 0 Å². The number of carbonyl (C=O) groups excluding carboxylic acids is 2. The Morgan fingerprint density at radius 1 is 1.14 bits per heavy atom. The summed E-state index contributed by atoms with van der Waals surface area (Å²) in [7, 11) is 2.90. The summed E-state index contributed by atoms with van der Waals surface area (Å²) in [5, 5.41) is 21.5. The molecule has 1 saturated heterocycles. The molecule has 2 heterocycles. The Kier molecular flexibility index (Phi) is 7.11. The second kappa shape index (κ2) is 10.2. The smallest absolute Gasteiger partial charge is 0.295 e. The number of likely N-dealkylation sites (tertiary alicyclic amines) is 1. The molecule has 1 aromatic heterocycles. The van der Waals surface area contributed by atoms with Crippen LogP contribution in [0.25, 0.3) is 5.76 Å². The normalized spacial score (nSPS) is 17.1. The van der Waals surface area contributed by atoms with Gasteiger partial charge in [0.1, 0.15) is 11.5 Å². The number of aromatic hydroxyl groups is 1. The van der Waals surface area contributed by atoms with Gasteiger partial charge in [-0.05, 0) is 52.2 Å². The molecule has 182 valence electrons. The van der Waals surface area contributed by atoms with E-state index in [1.54, 1.807) is 48.9 Å². The van der Waals surface area contributed by atoms with Crippen LogP contribution in [-0.2, 0) is 16.1 Å². The van der Waals surface area contributed by atoms with Crippen LogP contribution in [0.1, 0.15) is 23.6 Å². The van der Waals surface area contributed by atoms with E-state index in [9.17, 15) is 19.8 Å². The molecule has 1 amide bonds. The summed E-state index contributed by atoms with van der Waals surface area (Å²) in [6.45, 7) is 0.845. The number of phenols is 1. The summed E-state index contributed by atoms with van der Waals surface area (Å²) in [5.41, 5.74) is 0.791. The summed E-state index contributed by atoms with van der Waals surface area (Å²) < 4.78 is 12.7. The fourth-order valence-electron chi connectivity index (χ4n) is 4.13. The van der Waals surface area contributed by atoms with Gasteiger partial charge in [-0.25, -0.2) is 4.98 Å². The monoisotopic (exact) mass is 541 g/mol. The molecule has 4 rings (SSSR count). The number of benzene rings is 2. The van der Waals surface area contributed by atoms with Crippen molar-refractivity contribution in [3.63, 3.8) is 0 Å².